The molecule has 2 aromatic heterocycles. The van der Waals surface area contributed by atoms with Crippen LogP contribution in [0.2, 0.25) is 0 Å². The molecule has 6 nitrogen and oxygen atoms in total. The molecule has 0 aliphatic heterocycles. The number of benzene rings is 1. The Bertz CT molecular complexity index is 1170. The van der Waals surface area contributed by atoms with Gasteiger partial charge in [-0.25, -0.2) is 0 Å². The molecule has 0 fully saturated rings. The quantitative estimate of drug-likeness (QED) is 0.406. The predicted octanol–water partition coefficient (Wildman–Crippen LogP) is 4.98. The first-order chi connectivity index (χ1) is 15.1. The van der Waals surface area contributed by atoms with Crippen molar-refractivity contribution >= 4 is 34.0 Å². The molecule has 0 spiro atoms. The minimum absolute atomic E-state index is 0.148. The van der Waals surface area contributed by atoms with Gasteiger partial charge < -0.3 is 5.32 Å². The second-order valence-corrected chi connectivity index (χ2v) is 9.43. The topological polar surface area (TPSA) is 83.6 Å². The lowest BCUT2D eigenvalue weighted by molar-refractivity contribution is -0.113. The summed E-state index contributed by atoms with van der Waals surface area (Å²) in [6.07, 6.45) is 5.95. The number of rotatable bonds is 7. The van der Waals surface area contributed by atoms with Crippen LogP contribution >= 0.6 is 23.1 Å². The van der Waals surface area contributed by atoms with Gasteiger partial charge in [0.15, 0.2) is 11.0 Å². The van der Waals surface area contributed by atoms with Gasteiger partial charge in [0, 0.05) is 17.0 Å². The number of nitrogens with zero attached hydrogens (tertiary/aromatic N) is 4. The minimum Gasteiger partial charge on any atom is -0.316 e. The third-order valence-corrected chi connectivity index (χ3v) is 7.46. The molecule has 0 radical (unpaired) electrons. The summed E-state index contributed by atoms with van der Waals surface area (Å²) in [5.74, 6) is 0.806. The number of nitrogens with one attached hydrogen (secondary N) is 1. The Morgan fingerprint density at radius 1 is 1.35 bits per heavy atom. The summed E-state index contributed by atoms with van der Waals surface area (Å²) in [6.45, 7) is 6.43. The molecule has 0 saturated heterocycles. The Labute approximate surface area is 190 Å². The highest BCUT2D eigenvalue weighted by molar-refractivity contribution is 7.99. The van der Waals surface area contributed by atoms with E-state index in [1.807, 2.05) is 35.8 Å². The zero-order chi connectivity index (χ0) is 21.8. The fourth-order valence-electron chi connectivity index (χ4n) is 3.78. The summed E-state index contributed by atoms with van der Waals surface area (Å²) in [5.41, 5.74) is 3.88. The summed E-state index contributed by atoms with van der Waals surface area (Å²) < 4.78 is 1.97. The van der Waals surface area contributed by atoms with Gasteiger partial charge in [-0.1, -0.05) is 42.1 Å². The summed E-state index contributed by atoms with van der Waals surface area (Å²) in [7, 11) is 0. The molecule has 1 aliphatic rings. The molecule has 1 aromatic carbocycles. The van der Waals surface area contributed by atoms with E-state index >= 15 is 0 Å². The molecule has 0 saturated carbocycles. The number of carbonyl (C=O) groups is 1. The van der Waals surface area contributed by atoms with Crippen LogP contribution in [-0.4, -0.2) is 26.4 Å². The zero-order valence-electron chi connectivity index (χ0n) is 17.4. The highest BCUT2D eigenvalue weighted by Gasteiger charge is 2.22. The number of thioether (sulfide) groups is 1. The summed E-state index contributed by atoms with van der Waals surface area (Å²) >= 11 is 2.88. The Balaban J connectivity index is 1.49. The third kappa shape index (κ3) is 4.43. The molecule has 31 heavy (non-hydrogen) atoms. The van der Waals surface area contributed by atoms with E-state index < -0.39 is 0 Å². The van der Waals surface area contributed by atoms with Gasteiger partial charge in [-0.2, -0.15) is 5.26 Å². The number of amides is 1. The Morgan fingerprint density at radius 2 is 2.16 bits per heavy atom. The number of nitriles is 1. The summed E-state index contributed by atoms with van der Waals surface area (Å²) in [4.78, 5) is 13.9. The van der Waals surface area contributed by atoms with Crippen LogP contribution in [0.1, 0.15) is 34.4 Å². The first kappa shape index (κ1) is 21.3. The lowest BCUT2D eigenvalue weighted by Gasteiger charge is -2.10. The van der Waals surface area contributed by atoms with E-state index in [4.69, 9.17) is 0 Å². The lowest BCUT2D eigenvalue weighted by Crippen LogP contribution is -2.14. The largest absolute Gasteiger partial charge is 0.316 e. The first-order valence-electron chi connectivity index (χ1n) is 10.2. The van der Waals surface area contributed by atoms with Crippen molar-refractivity contribution in [1.29, 1.82) is 5.26 Å². The van der Waals surface area contributed by atoms with Crippen LogP contribution in [0, 0.1) is 18.3 Å². The number of aryl methyl sites for hydroxylation is 2. The molecule has 1 amide bonds. The third-order valence-electron chi connectivity index (χ3n) is 5.28. The summed E-state index contributed by atoms with van der Waals surface area (Å²) in [6, 6.07) is 10.3. The SMILES string of the molecule is C=CCn1c(SCC(=O)Nc2sc3c(c2C#N)CCCC3)nnc1-c1ccccc1C. The molecule has 0 bridgehead atoms. The second kappa shape index (κ2) is 9.50. The van der Waals surface area contributed by atoms with Crippen molar-refractivity contribution in [3.05, 3.63) is 58.5 Å². The molecule has 0 atom stereocenters. The van der Waals surface area contributed by atoms with Crippen molar-refractivity contribution < 1.29 is 4.79 Å². The average Bonchev–Trinajstić information content (AvgIpc) is 3.33. The van der Waals surface area contributed by atoms with Crippen molar-refractivity contribution in [2.24, 2.45) is 0 Å². The second-order valence-electron chi connectivity index (χ2n) is 7.38. The van der Waals surface area contributed by atoms with Gasteiger partial charge in [0.2, 0.25) is 5.91 Å². The van der Waals surface area contributed by atoms with Crippen LogP contribution in [0.3, 0.4) is 0 Å². The fraction of sp³-hybridized carbons (Fsp3) is 0.304. The van der Waals surface area contributed by atoms with E-state index in [1.165, 1.54) is 16.6 Å². The number of thiophene rings is 1. The van der Waals surface area contributed by atoms with Crippen molar-refractivity contribution in [2.75, 3.05) is 11.1 Å². The molecule has 2 heterocycles. The molecule has 3 aromatic rings. The van der Waals surface area contributed by atoms with E-state index in [9.17, 15) is 10.1 Å². The maximum absolute atomic E-state index is 12.7. The number of allylic oxidation sites excluding steroid dienone is 1. The number of hydrogen-bond acceptors (Lipinski definition) is 6. The fourth-order valence-corrected chi connectivity index (χ4v) is 5.78. The van der Waals surface area contributed by atoms with Crippen LogP contribution in [-0.2, 0) is 24.2 Å². The van der Waals surface area contributed by atoms with E-state index in [2.05, 4.69) is 28.2 Å². The zero-order valence-corrected chi connectivity index (χ0v) is 19.0. The molecule has 8 heteroatoms. The normalized spacial score (nSPS) is 12.8. The van der Waals surface area contributed by atoms with Gasteiger partial charge >= 0.3 is 0 Å². The molecule has 4 rings (SSSR count). The van der Waals surface area contributed by atoms with Crippen LogP contribution in [0.4, 0.5) is 5.00 Å². The monoisotopic (exact) mass is 449 g/mol. The van der Waals surface area contributed by atoms with Crippen LogP contribution in [0.5, 0.6) is 0 Å². The molecule has 1 N–H and O–H groups in total. The van der Waals surface area contributed by atoms with Gasteiger partial charge in [-0.3, -0.25) is 9.36 Å². The molecule has 0 unspecified atom stereocenters. The standard InChI is InChI=1S/C23H23N5OS2/c1-3-12-28-21(16-9-5-4-8-15(16)2)26-27-23(28)30-14-20(29)25-22-18(13-24)17-10-6-7-11-19(17)31-22/h3-5,8-9H,1,6-7,10-12,14H2,2H3,(H,25,29). The Morgan fingerprint density at radius 3 is 2.94 bits per heavy atom. The predicted molar refractivity (Wildman–Crippen MR) is 125 cm³/mol. The van der Waals surface area contributed by atoms with Crippen molar-refractivity contribution in [1.82, 2.24) is 14.8 Å². The molecule has 1 aliphatic carbocycles. The maximum Gasteiger partial charge on any atom is 0.235 e. The molecule has 158 valence electrons. The highest BCUT2D eigenvalue weighted by atomic mass is 32.2. The van der Waals surface area contributed by atoms with Crippen molar-refractivity contribution in [3.63, 3.8) is 0 Å². The Hall–Kier alpha value is -2.89. The number of hydrogen-bond donors (Lipinski definition) is 1. The van der Waals surface area contributed by atoms with Crippen LogP contribution in [0.15, 0.2) is 42.1 Å². The van der Waals surface area contributed by atoms with Crippen LogP contribution < -0.4 is 5.32 Å². The minimum atomic E-state index is -0.148. The Kier molecular flexibility index (Phi) is 6.54. The number of anilines is 1. The smallest absolute Gasteiger partial charge is 0.235 e. The van der Waals surface area contributed by atoms with Gasteiger partial charge in [0.05, 0.1) is 11.3 Å². The summed E-state index contributed by atoms with van der Waals surface area (Å²) in [5, 5.41) is 22.6. The number of carbonyl (C=O) groups excluding carboxylic acids is 1. The van der Waals surface area contributed by atoms with E-state index in [0.29, 0.717) is 22.3 Å². The van der Waals surface area contributed by atoms with E-state index in [1.54, 1.807) is 17.4 Å². The van der Waals surface area contributed by atoms with E-state index in [0.717, 1.165) is 48.2 Å². The maximum atomic E-state index is 12.7. The van der Waals surface area contributed by atoms with Gasteiger partial charge in [-0.15, -0.1) is 28.1 Å². The van der Waals surface area contributed by atoms with Crippen molar-refractivity contribution in [2.45, 2.75) is 44.3 Å². The van der Waals surface area contributed by atoms with E-state index in [-0.39, 0.29) is 11.7 Å². The van der Waals surface area contributed by atoms with Gasteiger partial charge in [0.1, 0.15) is 11.1 Å². The number of aromatic nitrogens is 3. The first-order valence-corrected chi connectivity index (χ1v) is 12.0. The molecular formula is C23H23N5OS2. The van der Waals surface area contributed by atoms with Gasteiger partial charge in [-0.05, 0) is 43.7 Å². The van der Waals surface area contributed by atoms with Crippen molar-refractivity contribution in [3.8, 4) is 17.5 Å². The van der Waals surface area contributed by atoms with Crippen LogP contribution in [0.25, 0.3) is 11.4 Å². The highest BCUT2D eigenvalue weighted by Crippen LogP contribution is 2.37. The number of fused-ring (bicyclic) bond motifs is 1. The lowest BCUT2D eigenvalue weighted by atomic mass is 9.96. The van der Waals surface area contributed by atoms with Gasteiger partial charge in [0.25, 0.3) is 0 Å². The molecular weight excluding hydrogens is 426 g/mol. The average molecular weight is 450 g/mol.